The first-order valence-corrected chi connectivity index (χ1v) is 11.2. The van der Waals surface area contributed by atoms with Gasteiger partial charge < -0.3 is 25.0 Å². The number of ether oxygens (including phenoxy) is 2. The third kappa shape index (κ3) is 9.15. The summed E-state index contributed by atoms with van der Waals surface area (Å²) in [6.07, 6.45) is 0.987. The summed E-state index contributed by atoms with van der Waals surface area (Å²) in [5.41, 5.74) is 1.16. The molecule has 0 aliphatic heterocycles. The zero-order chi connectivity index (χ0) is 21.8. The van der Waals surface area contributed by atoms with Crippen molar-refractivity contribution in [2.24, 2.45) is 4.99 Å². The first-order valence-electron chi connectivity index (χ1n) is 10.4. The highest BCUT2D eigenvalue weighted by Crippen LogP contribution is 2.17. The minimum atomic E-state index is 0.305. The summed E-state index contributed by atoms with van der Waals surface area (Å²) in [6, 6.07) is 12.9. The molecule has 0 radical (unpaired) electrons. The fraction of sp³-hybridized carbons (Fsp3) is 0.522. The number of rotatable bonds is 12. The number of hydrogen-bond acceptors (Lipinski definition) is 5. The fourth-order valence-electron chi connectivity index (χ4n) is 2.98. The number of nitrogens with one attached hydrogen (secondary N) is 2. The van der Waals surface area contributed by atoms with Gasteiger partial charge in [0.25, 0.3) is 0 Å². The number of aliphatic imine (C=N–C) groups is 1. The first kappa shape index (κ1) is 24.2. The number of thiophene rings is 1. The highest BCUT2D eigenvalue weighted by Gasteiger charge is 2.08. The van der Waals surface area contributed by atoms with Gasteiger partial charge in [-0.25, -0.2) is 0 Å². The van der Waals surface area contributed by atoms with Gasteiger partial charge in [-0.05, 0) is 50.7 Å². The second-order valence-electron chi connectivity index (χ2n) is 7.48. The van der Waals surface area contributed by atoms with E-state index in [2.05, 4.69) is 65.7 Å². The number of likely N-dealkylation sites (N-methyl/N-ethyl adjacent to an activating group) is 1. The Morgan fingerprint density at radius 1 is 1.20 bits per heavy atom. The average molecular weight is 433 g/mol. The summed E-state index contributed by atoms with van der Waals surface area (Å²) >= 11 is 1.85. The van der Waals surface area contributed by atoms with Gasteiger partial charge in [0.2, 0.25) is 0 Å². The average Bonchev–Trinajstić information content (AvgIpc) is 3.14. The van der Waals surface area contributed by atoms with Gasteiger partial charge in [0.1, 0.15) is 12.4 Å². The Kier molecular flexibility index (Phi) is 10.7. The number of benzene rings is 1. The van der Waals surface area contributed by atoms with Crippen molar-refractivity contribution in [3.05, 3.63) is 51.7 Å². The van der Waals surface area contributed by atoms with Gasteiger partial charge in [0.15, 0.2) is 5.96 Å². The molecular formula is C23H36N4O2S. The molecule has 1 aromatic heterocycles. The van der Waals surface area contributed by atoms with Crippen LogP contribution in [0.5, 0.6) is 5.75 Å². The molecule has 2 aromatic rings. The van der Waals surface area contributed by atoms with Crippen LogP contribution in [-0.4, -0.2) is 64.4 Å². The number of hydrogen-bond donors (Lipinski definition) is 2. The van der Waals surface area contributed by atoms with Crippen LogP contribution in [0.3, 0.4) is 0 Å². The van der Waals surface area contributed by atoms with E-state index in [0.717, 1.165) is 43.4 Å². The van der Waals surface area contributed by atoms with Crippen LogP contribution < -0.4 is 15.4 Å². The minimum absolute atomic E-state index is 0.305. The summed E-state index contributed by atoms with van der Waals surface area (Å²) in [6.45, 7) is 8.17. The fourth-order valence-corrected chi connectivity index (χ4v) is 4.00. The molecule has 0 spiro atoms. The molecule has 166 valence electrons. The molecule has 0 saturated carbocycles. The second-order valence-corrected chi connectivity index (χ2v) is 8.85. The lowest BCUT2D eigenvalue weighted by Gasteiger charge is -2.18. The van der Waals surface area contributed by atoms with E-state index >= 15 is 0 Å². The van der Waals surface area contributed by atoms with Crippen molar-refractivity contribution in [3.63, 3.8) is 0 Å². The van der Waals surface area contributed by atoms with Crippen molar-refractivity contribution in [2.45, 2.75) is 32.9 Å². The van der Waals surface area contributed by atoms with Gasteiger partial charge in [-0.15, -0.1) is 11.3 Å². The predicted molar refractivity (Wildman–Crippen MR) is 127 cm³/mol. The maximum Gasteiger partial charge on any atom is 0.191 e. The Morgan fingerprint density at radius 2 is 2.00 bits per heavy atom. The third-order valence-electron chi connectivity index (χ3n) is 4.69. The predicted octanol–water partition coefficient (Wildman–Crippen LogP) is 3.31. The van der Waals surface area contributed by atoms with Crippen molar-refractivity contribution in [3.8, 4) is 5.75 Å². The van der Waals surface area contributed by atoms with Crippen LogP contribution >= 0.6 is 11.3 Å². The first-order chi connectivity index (χ1) is 14.5. The largest absolute Gasteiger partial charge is 0.492 e. The minimum Gasteiger partial charge on any atom is -0.492 e. The molecule has 1 atom stereocenters. The van der Waals surface area contributed by atoms with E-state index in [4.69, 9.17) is 9.47 Å². The molecule has 1 heterocycles. The third-order valence-corrected chi connectivity index (χ3v) is 5.71. The van der Waals surface area contributed by atoms with Crippen LogP contribution in [0.2, 0.25) is 0 Å². The maximum absolute atomic E-state index is 5.91. The highest BCUT2D eigenvalue weighted by atomic mass is 32.1. The molecule has 0 aliphatic carbocycles. The summed E-state index contributed by atoms with van der Waals surface area (Å²) in [5, 5.41) is 6.87. The van der Waals surface area contributed by atoms with Crippen LogP contribution in [0.25, 0.3) is 0 Å². The van der Waals surface area contributed by atoms with E-state index < -0.39 is 0 Å². The molecule has 6 nitrogen and oxygen atoms in total. The van der Waals surface area contributed by atoms with Crippen molar-refractivity contribution < 1.29 is 9.47 Å². The molecular weight excluding hydrogens is 396 g/mol. The maximum atomic E-state index is 5.91. The van der Waals surface area contributed by atoms with Gasteiger partial charge in [-0.2, -0.15) is 0 Å². The SMILES string of the molecule is CN=C(NCc1cccc(OCCN(C)CCOC)c1)NC(C)Cc1ccc(C)s1. The number of aryl methyl sites for hydroxylation is 1. The lowest BCUT2D eigenvalue weighted by atomic mass is 10.2. The van der Waals surface area contributed by atoms with Crippen LogP contribution in [0.4, 0.5) is 0 Å². The lowest BCUT2D eigenvalue weighted by Crippen LogP contribution is -2.42. The van der Waals surface area contributed by atoms with Crippen LogP contribution in [-0.2, 0) is 17.7 Å². The van der Waals surface area contributed by atoms with E-state index in [1.54, 1.807) is 14.2 Å². The van der Waals surface area contributed by atoms with E-state index in [0.29, 0.717) is 19.2 Å². The number of nitrogens with zero attached hydrogens (tertiary/aromatic N) is 2. The van der Waals surface area contributed by atoms with Crippen molar-refractivity contribution in [2.75, 3.05) is 47.5 Å². The van der Waals surface area contributed by atoms with Crippen molar-refractivity contribution >= 4 is 17.3 Å². The second kappa shape index (κ2) is 13.3. The van der Waals surface area contributed by atoms with Crippen molar-refractivity contribution in [1.82, 2.24) is 15.5 Å². The normalized spacial score (nSPS) is 12.8. The molecule has 0 saturated heterocycles. The molecule has 30 heavy (non-hydrogen) atoms. The van der Waals surface area contributed by atoms with Gasteiger partial charge >= 0.3 is 0 Å². The van der Waals surface area contributed by atoms with E-state index in [1.807, 2.05) is 23.5 Å². The van der Waals surface area contributed by atoms with Crippen LogP contribution in [0, 0.1) is 6.92 Å². The molecule has 2 N–H and O–H groups in total. The summed E-state index contributed by atoms with van der Waals surface area (Å²) in [5.74, 6) is 1.70. The van der Waals surface area contributed by atoms with Gasteiger partial charge in [0, 0.05) is 56.0 Å². The Bertz CT molecular complexity index is 778. The highest BCUT2D eigenvalue weighted by molar-refractivity contribution is 7.11. The Hall–Kier alpha value is -2.09. The smallest absolute Gasteiger partial charge is 0.191 e. The molecule has 1 aromatic carbocycles. The van der Waals surface area contributed by atoms with Crippen LogP contribution in [0.15, 0.2) is 41.4 Å². The summed E-state index contributed by atoms with van der Waals surface area (Å²) in [7, 11) is 5.60. The molecule has 1 unspecified atom stereocenters. The van der Waals surface area contributed by atoms with Gasteiger partial charge in [-0.3, -0.25) is 4.99 Å². The quantitative estimate of drug-likeness (QED) is 0.398. The summed E-state index contributed by atoms with van der Waals surface area (Å²) in [4.78, 5) is 9.29. The Labute approximate surface area is 185 Å². The molecule has 0 aliphatic rings. The van der Waals surface area contributed by atoms with Crippen LogP contribution in [0.1, 0.15) is 22.2 Å². The monoisotopic (exact) mass is 432 g/mol. The van der Waals surface area contributed by atoms with Crippen molar-refractivity contribution in [1.29, 1.82) is 0 Å². The van der Waals surface area contributed by atoms with E-state index in [9.17, 15) is 0 Å². The molecule has 0 fully saturated rings. The van der Waals surface area contributed by atoms with Gasteiger partial charge in [-0.1, -0.05) is 12.1 Å². The standard InChI is InChI=1S/C23H36N4O2S/c1-18(15-22-10-9-19(2)30-22)26-23(24-3)25-17-20-7-6-8-21(16-20)29-14-12-27(4)11-13-28-5/h6-10,16,18H,11-15,17H2,1-5H3,(H2,24,25,26). The molecule has 0 bridgehead atoms. The zero-order valence-electron chi connectivity index (χ0n) is 18.9. The Morgan fingerprint density at radius 3 is 2.70 bits per heavy atom. The van der Waals surface area contributed by atoms with E-state index in [-0.39, 0.29) is 0 Å². The number of guanidine groups is 1. The Balaban J connectivity index is 1.76. The van der Waals surface area contributed by atoms with E-state index in [1.165, 1.54) is 9.75 Å². The number of methoxy groups -OCH3 is 1. The molecule has 2 rings (SSSR count). The molecule has 7 heteroatoms. The molecule has 0 amide bonds. The lowest BCUT2D eigenvalue weighted by molar-refractivity contribution is 0.150. The zero-order valence-corrected chi connectivity index (χ0v) is 19.7. The topological polar surface area (TPSA) is 58.1 Å². The van der Waals surface area contributed by atoms with Gasteiger partial charge in [0.05, 0.1) is 6.61 Å². The summed E-state index contributed by atoms with van der Waals surface area (Å²) < 4.78 is 11.0.